The van der Waals surface area contributed by atoms with Crippen LogP contribution in [0.3, 0.4) is 0 Å². The topological polar surface area (TPSA) is 0 Å². The summed E-state index contributed by atoms with van der Waals surface area (Å²) in [6.45, 7) is 2.05. The van der Waals surface area contributed by atoms with E-state index in [1.54, 1.807) is 0 Å². The summed E-state index contributed by atoms with van der Waals surface area (Å²) in [6, 6.07) is 0. The molecule has 0 nitrogen and oxygen atoms in total. The van der Waals surface area contributed by atoms with E-state index >= 15 is 0 Å². The van der Waals surface area contributed by atoms with Crippen LogP contribution in [0, 0.1) is 0 Å². The average Bonchev–Trinajstić information content (AvgIpc) is 1.37. The molecule has 5 heavy (non-hydrogen) atoms. The monoisotopic (exact) mass is 102 g/mol. The van der Waals surface area contributed by atoms with Crippen molar-refractivity contribution in [3.8, 4) is 0 Å². The van der Waals surface area contributed by atoms with Crippen molar-refractivity contribution in [2.45, 2.75) is 13.3 Å². The first kappa shape index (κ1) is 9.56. The molecule has 2 heteroatoms. The van der Waals surface area contributed by atoms with Gasteiger partial charge in [0.05, 0.1) is 0 Å². The Morgan fingerprint density at radius 1 is 1.60 bits per heavy atom. The van der Waals surface area contributed by atoms with E-state index in [0.29, 0.717) is 0 Å². The molecule has 0 N–H and O–H groups in total. The molecule has 0 rings (SSSR count). The molecule has 0 fully saturated rings. The molecule has 28 valence electrons. The van der Waals surface area contributed by atoms with E-state index in [1.807, 2.05) is 6.92 Å². The van der Waals surface area contributed by atoms with Gasteiger partial charge >= 0.3 is 29.6 Å². The maximum absolute atomic E-state index is 5.19. The van der Waals surface area contributed by atoms with E-state index in [1.165, 1.54) is 0 Å². The number of alkyl halides is 1. The molecule has 0 radical (unpaired) electrons. The summed E-state index contributed by atoms with van der Waals surface area (Å²) in [4.78, 5) is 0. The van der Waals surface area contributed by atoms with Gasteiger partial charge in [0.25, 0.3) is 0 Å². The summed E-state index contributed by atoms with van der Waals surface area (Å²) in [6.07, 6.45) is 1.08. The van der Waals surface area contributed by atoms with E-state index in [-0.39, 0.29) is 29.6 Å². The number of rotatable bonds is 1. The van der Waals surface area contributed by atoms with Crippen molar-refractivity contribution in [1.82, 2.24) is 0 Å². The predicted molar refractivity (Wildman–Crippen MR) is 28.2 cm³/mol. The summed E-state index contributed by atoms with van der Waals surface area (Å²) in [5, 5.41) is 0. The molecule has 0 aromatic rings. The van der Waals surface area contributed by atoms with Gasteiger partial charge < -0.3 is 0 Å². The van der Waals surface area contributed by atoms with Crippen LogP contribution in [0.2, 0.25) is 0 Å². The molecule has 0 heterocycles. The van der Waals surface area contributed by atoms with Crippen LogP contribution in [0.5, 0.6) is 0 Å². The van der Waals surface area contributed by atoms with Gasteiger partial charge in [0.2, 0.25) is 0 Å². The normalized spacial score (nSPS) is 6.00. The van der Waals surface area contributed by atoms with Gasteiger partial charge in [-0.3, -0.25) is 0 Å². The van der Waals surface area contributed by atoms with Crippen molar-refractivity contribution >= 4 is 41.2 Å². The van der Waals surface area contributed by atoms with E-state index in [2.05, 4.69) is 0 Å². The number of hydrogen-bond donors (Lipinski definition) is 0. The Morgan fingerprint density at radius 2 is 1.80 bits per heavy atom. The maximum atomic E-state index is 5.19. The van der Waals surface area contributed by atoms with Crippen LogP contribution < -0.4 is 0 Å². The first-order valence-corrected chi connectivity index (χ1v) is 2.01. The molecule has 0 bridgehead atoms. The minimum atomic E-state index is 0. The van der Waals surface area contributed by atoms with E-state index in [0.717, 1.165) is 12.3 Å². The Bertz CT molecular complexity index is 8.85. The SMILES string of the molecule is CCCCl.[NaH]. The van der Waals surface area contributed by atoms with Gasteiger partial charge in [-0.25, -0.2) is 0 Å². The third-order valence-electron chi connectivity index (χ3n) is 0.189. The molecule has 0 spiro atoms. The van der Waals surface area contributed by atoms with Gasteiger partial charge in [0, 0.05) is 5.88 Å². The minimum absolute atomic E-state index is 0. The van der Waals surface area contributed by atoms with E-state index < -0.39 is 0 Å². The molecule has 0 aromatic heterocycles. The first-order valence-electron chi connectivity index (χ1n) is 1.47. The molecule has 0 unspecified atom stereocenters. The second kappa shape index (κ2) is 8.99. The fourth-order valence-electron chi connectivity index (χ4n) is 0. The molecule has 0 aromatic carbocycles. The predicted octanol–water partition coefficient (Wildman–Crippen LogP) is 0.987. The second-order valence-electron chi connectivity index (χ2n) is 0.689. The average molecular weight is 103 g/mol. The van der Waals surface area contributed by atoms with Crippen molar-refractivity contribution in [3.63, 3.8) is 0 Å². The molecular formula is C3H8ClNa. The van der Waals surface area contributed by atoms with Gasteiger partial charge in [-0.15, -0.1) is 11.6 Å². The Morgan fingerprint density at radius 3 is 1.80 bits per heavy atom. The van der Waals surface area contributed by atoms with Crippen molar-refractivity contribution in [3.05, 3.63) is 0 Å². The fourth-order valence-corrected chi connectivity index (χ4v) is 0. The van der Waals surface area contributed by atoms with Crippen LogP contribution in [-0.2, 0) is 0 Å². The van der Waals surface area contributed by atoms with Crippen LogP contribution in [0.4, 0.5) is 0 Å². The zero-order valence-electron chi connectivity index (χ0n) is 2.79. The first-order chi connectivity index (χ1) is 1.91. The fraction of sp³-hybridized carbons (Fsp3) is 1.00. The number of halogens is 1. The summed E-state index contributed by atoms with van der Waals surface area (Å²) in [5.41, 5.74) is 0. The summed E-state index contributed by atoms with van der Waals surface area (Å²) in [7, 11) is 0. The molecule has 0 amide bonds. The molecule has 0 saturated carbocycles. The van der Waals surface area contributed by atoms with Gasteiger partial charge in [-0.05, 0) is 6.42 Å². The Balaban J connectivity index is 0. The van der Waals surface area contributed by atoms with Crippen LogP contribution in [0.25, 0.3) is 0 Å². The third-order valence-corrected chi connectivity index (χ3v) is 0.567. The summed E-state index contributed by atoms with van der Waals surface area (Å²) < 4.78 is 0. The van der Waals surface area contributed by atoms with Gasteiger partial charge in [0.1, 0.15) is 0 Å². The Labute approximate surface area is 60.2 Å². The second-order valence-corrected chi connectivity index (χ2v) is 1.07. The molecule has 0 saturated heterocycles. The summed E-state index contributed by atoms with van der Waals surface area (Å²) in [5.74, 6) is 0.792. The van der Waals surface area contributed by atoms with E-state index in [4.69, 9.17) is 11.6 Å². The van der Waals surface area contributed by atoms with E-state index in [9.17, 15) is 0 Å². The molecule has 0 aliphatic carbocycles. The third kappa shape index (κ3) is 10.9. The quantitative estimate of drug-likeness (QED) is 0.342. The van der Waals surface area contributed by atoms with Crippen molar-refractivity contribution < 1.29 is 0 Å². The number of hydrogen-bond acceptors (Lipinski definition) is 0. The van der Waals surface area contributed by atoms with Crippen molar-refractivity contribution in [2.75, 3.05) is 5.88 Å². The summed E-state index contributed by atoms with van der Waals surface area (Å²) >= 11 is 5.19. The molecular weight excluding hydrogens is 94.5 g/mol. The van der Waals surface area contributed by atoms with Crippen LogP contribution in [0.1, 0.15) is 13.3 Å². The van der Waals surface area contributed by atoms with Crippen molar-refractivity contribution in [2.24, 2.45) is 0 Å². The van der Waals surface area contributed by atoms with Gasteiger partial charge in [-0.2, -0.15) is 0 Å². The Hall–Kier alpha value is 1.29. The molecule has 0 aliphatic heterocycles. The van der Waals surface area contributed by atoms with Crippen LogP contribution in [0.15, 0.2) is 0 Å². The molecule has 0 atom stereocenters. The molecule has 0 aliphatic rings. The van der Waals surface area contributed by atoms with Gasteiger partial charge in [-0.1, -0.05) is 6.92 Å². The zero-order valence-corrected chi connectivity index (χ0v) is 3.55. The zero-order chi connectivity index (χ0) is 3.41. The van der Waals surface area contributed by atoms with Crippen LogP contribution in [-0.4, -0.2) is 35.4 Å². The Kier molecular flexibility index (Phi) is 17.2. The van der Waals surface area contributed by atoms with Gasteiger partial charge in [0.15, 0.2) is 0 Å². The van der Waals surface area contributed by atoms with Crippen molar-refractivity contribution in [1.29, 1.82) is 0 Å². The van der Waals surface area contributed by atoms with Crippen LogP contribution >= 0.6 is 11.6 Å². The standard InChI is InChI=1S/C3H7Cl.Na.H/c1-2-3-4;;/h2-3H2,1H3;;.